The van der Waals surface area contributed by atoms with Crippen molar-refractivity contribution in [2.75, 3.05) is 27.2 Å². The molecular formula is C9H13ClN4O. The summed E-state index contributed by atoms with van der Waals surface area (Å²) in [5.41, 5.74) is 0.425. The smallest absolute Gasteiger partial charge is 0.253 e. The van der Waals surface area contributed by atoms with Crippen LogP contribution in [-0.4, -0.2) is 48.2 Å². The van der Waals surface area contributed by atoms with Gasteiger partial charge in [-0.2, -0.15) is 5.10 Å². The number of nitrogens with one attached hydrogen (secondary N) is 1. The zero-order valence-corrected chi connectivity index (χ0v) is 9.45. The van der Waals surface area contributed by atoms with E-state index in [1.54, 1.807) is 0 Å². The van der Waals surface area contributed by atoms with Crippen molar-refractivity contribution in [2.24, 2.45) is 0 Å². The summed E-state index contributed by atoms with van der Waals surface area (Å²) in [6, 6.07) is 1.49. The minimum absolute atomic E-state index is 0.186. The zero-order valence-electron chi connectivity index (χ0n) is 8.70. The molecule has 1 aromatic heterocycles. The van der Waals surface area contributed by atoms with E-state index < -0.39 is 0 Å². The number of halogens is 1. The molecule has 82 valence electrons. The molecule has 0 aliphatic heterocycles. The van der Waals surface area contributed by atoms with Crippen LogP contribution >= 0.6 is 11.6 Å². The molecule has 1 rings (SSSR count). The van der Waals surface area contributed by atoms with E-state index in [-0.39, 0.29) is 11.1 Å². The third-order valence-corrected chi connectivity index (χ3v) is 1.92. The fourth-order valence-electron chi connectivity index (χ4n) is 0.960. The number of hydrogen-bond donors (Lipinski definition) is 1. The Morgan fingerprint density at radius 3 is 2.93 bits per heavy atom. The largest absolute Gasteiger partial charge is 0.351 e. The lowest BCUT2D eigenvalue weighted by molar-refractivity contribution is 0.0950. The summed E-state index contributed by atoms with van der Waals surface area (Å²) in [5, 5.41) is 10.1. The molecule has 0 unspecified atom stereocenters. The topological polar surface area (TPSA) is 58.1 Å². The fourth-order valence-corrected chi connectivity index (χ4v) is 1.12. The lowest BCUT2D eigenvalue weighted by Gasteiger charge is -2.10. The van der Waals surface area contributed by atoms with Crippen LogP contribution in [0.3, 0.4) is 0 Å². The quantitative estimate of drug-likeness (QED) is 0.812. The molecule has 0 spiro atoms. The van der Waals surface area contributed by atoms with Gasteiger partial charge in [-0.05, 0) is 20.2 Å². The van der Waals surface area contributed by atoms with Gasteiger partial charge in [0.25, 0.3) is 5.91 Å². The number of rotatable bonds is 4. The molecule has 0 saturated carbocycles. The van der Waals surface area contributed by atoms with E-state index in [0.29, 0.717) is 12.1 Å². The Bertz CT molecular complexity index is 343. The maximum atomic E-state index is 11.5. The van der Waals surface area contributed by atoms with E-state index in [9.17, 15) is 4.79 Å². The molecule has 0 bridgehead atoms. The Hall–Kier alpha value is -1.20. The summed E-state index contributed by atoms with van der Waals surface area (Å²) in [5.74, 6) is -0.186. The van der Waals surface area contributed by atoms with Gasteiger partial charge in [0, 0.05) is 13.1 Å². The van der Waals surface area contributed by atoms with Gasteiger partial charge >= 0.3 is 0 Å². The van der Waals surface area contributed by atoms with Crippen molar-refractivity contribution in [3.63, 3.8) is 0 Å². The molecular weight excluding hydrogens is 216 g/mol. The van der Waals surface area contributed by atoms with E-state index in [1.165, 1.54) is 12.3 Å². The van der Waals surface area contributed by atoms with E-state index in [4.69, 9.17) is 11.6 Å². The molecule has 0 aromatic carbocycles. The van der Waals surface area contributed by atoms with Crippen LogP contribution < -0.4 is 5.32 Å². The van der Waals surface area contributed by atoms with Crippen LogP contribution in [0, 0.1) is 0 Å². The summed E-state index contributed by atoms with van der Waals surface area (Å²) >= 11 is 5.61. The zero-order chi connectivity index (χ0) is 11.3. The van der Waals surface area contributed by atoms with E-state index in [1.807, 2.05) is 19.0 Å². The first-order valence-electron chi connectivity index (χ1n) is 4.51. The molecule has 0 fully saturated rings. The van der Waals surface area contributed by atoms with Gasteiger partial charge in [0.05, 0.1) is 11.8 Å². The molecule has 15 heavy (non-hydrogen) atoms. The van der Waals surface area contributed by atoms with E-state index in [0.717, 1.165) is 6.54 Å². The lowest BCUT2D eigenvalue weighted by atomic mass is 10.3. The number of likely N-dealkylation sites (N-methyl/N-ethyl adjacent to an activating group) is 1. The molecule has 5 nitrogen and oxygen atoms in total. The minimum atomic E-state index is -0.186. The van der Waals surface area contributed by atoms with Crippen molar-refractivity contribution in [1.82, 2.24) is 20.4 Å². The molecule has 1 heterocycles. The first kappa shape index (κ1) is 11.9. The van der Waals surface area contributed by atoms with Crippen molar-refractivity contribution < 1.29 is 4.79 Å². The summed E-state index contributed by atoms with van der Waals surface area (Å²) in [6.45, 7) is 1.38. The van der Waals surface area contributed by atoms with Crippen LogP contribution in [0.15, 0.2) is 12.3 Å². The Kier molecular flexibility index (Phi) is 4.45. The predicted molar refractivity (Wildman–Crippen MR) is 57.9 cm³/mol. The van der Waals surface area contributed by atoms with Crippen LogP contribution in [-0.2, 0) is 0 Å². The van der Waals surface area contributed by atoms with Gasteiger partial charge in [0.15, 0.2) is 5.15 Å². The predicted octanol–water partition coefficient (Wildman–Crippen LogP) is 0.421. The first-order chi connectivity index (χ1) is 7.09. The summed E-state index contributed by atoms with van der Waals surface area (Å²) in [6.07, 6.45) is 1.39. The van der Waals surface area contributed by atoms with Crippen molar-refractivity contribution in [3.8, 4) is 0 Å². The van der Waals surface area contributed by atoms with Crippen molar-refractivity contribution in [3.05, 3.63) is 23.0 Å². The maximum Gasteiger partial charge on any atom is 0.253 e. The van der Waals surface area contributed by atoms with Crippen LogP contribution in [0.2, 0.25) is 5.15 Å². The van der Waals surface area contributed by atoms with Gasteiger partial charge in [0.2, 0.25) is 0 Å². The van der Waals surface area contributed by atoms with Crippen molar-refractivity contribution in [2.45, 2.75) is 0 Å². The minimum Gasteiger partial charge on any atom is -0.351 e. The van der Waals surface area contributed by atoms with Crippen LogP contribution in [0.4, 0.5) is 0 Å². The SMILES string of the molecule is CN(C)CCNC(=O)c1cnnc(Cl)c1. The average Bonchev–Trinajstić information content (AvgIpc) is 2.17. The molecule has 0 aliphatic rings. The van der Waals surface area contributed by atoms with Gasteiger partial charge in [-0.3, -0.25) is 4.79 Å². The summed E-state index contributed by atoms with van der Waals surface area (Å²) < 4.78 is 0. The second kappa shape index (κ2) is 5.63. The van der Waals surface area contributed by atoms with Crippen LogP contribution in [0.25, 0.3) is 0 Å². The Labute approximate surface area is 93.4 Å². The number of amides is 1. The second-order valence-corrected chi connectivity index (χ2v) is 3.71. The van der Waals surface area contributed by atoms with Gasteiger partial charge in [-0.15, -0.1) is 5.10 Å². The van der Waals surface area contributed by atoms with Gasteiger partial charge in [-0.25, -0.2) is 0 Å². The Morgan fingerprint density at radius 2 is 2.33 bits per heavy atom. The average molecular weight is 229 g/mol. The summed E-state index contributed by atoms with van der Waals surface area (Å²) in [4.78, 5) is 13.5. The highest BCUT2D eigenvalue weighted by Gasteiger charge is 2.06. The van der Waals surface area contributed by atoms with E-state index >= 15 is 0 Å². The molecule has 0 saturated heterocycles. The Morgan fingerprint density at radius 1 is 1.60 bits per heavy atom. The lowest BCUT2D eigenvalue weighted by Crippen LogP contribution is -2.31. The maximum absolute atomic E-state index is 11.5. The molecule has 0 atom stereocenters. The monoisotopic (exact) mass is 228 g/mol. The highest BCUT2D eigenvalue weighted by atomic mass is 35.5. The first-order valence-corrected chi connectivity index (χ1v) is 4.88. The highest BCUT2D eigenvalue weighted by molar-refractivity contribution is 6.29. The molecule has 1 N–H and O–H groups in total. The number of carbonyl (C=O) groups is 1. The van der Waals surface area contributed by atoms with Crippen molar-refractivity contribution in [1.29, 1.82) is 0 Å². The van der Waals surface area contributed by atoms with Gasteiger partial charge in [-0.1, -0.05) is 11.6 Å². The third kappa shape index (κ3) is 4.22. The standard InChI is InChI=1S/C9H13ClN4O/c1-14(2)4-3-11-9(15)7-5-8(10)13-12-6-7/h5-6H,3-4H2,1-2H3,(H,11,15). The molecule has 0 radical (unpaired) electrons. The number of hydrogen-bond acceptors (Lipinski definition) is 4. The van der Waals surface area contributed by atoms with E-state index in [2.05, 4.69) is 15.5 Å². The van der Waals surface area contributed by atoms with Crippen LogP contribution in [0.5, 0.6) is 0 Å². The fraction of sp³-hybridized carbons (Fsp3) is 0.444. The normalized spacial score (nSPS) is 10.4. The number of nitrogens with zero attached hydrogens (tertiary/aromatic N) is 3. The number of aromatic nitrogens is 2. The van der Waals surface area contributed by atoms with Crippen LogP contribution in [0.1, 0.15) is 10.4 Å². The molecule has 0 aliphatic carbocycles. The van der Waals surface area contributed by atoms with Crippen molar-refractivity contribution >= 4 is 17.5 Å². The molecule has 1 amide bonds. The van der Waals surface area contributed by atoms with Gasteiger partial charge in [0.1, 0.15) is 0 Å². The number of carbonyl (C=O) groups excluding carboxylic acids is 1. The Balaban J connectivity index is 2.47. The highest BCUT2D eigenvalue weighted by Crippen LogP contribution is 2.04. The summed E-state index contributed by atoms with van der Waals surface area (Å²) in [7, 11) is 3.88. The molecule has 1 aromatic rings. The second-order valence-electron chi connectivity index (χ2n) is 3.33. The van der Waals surface area contributed by atoms with Gasteiger partial charge < -0.3 is 10.2 Å². The molecule has 6 heteroatoms. The third-order valence-electron chi connectivity index (χ3n) is 1.73.